The molecule has 0 fully saturated rings. The van der Waals surface area contributed by atoms with E-state index in [0.717, 1.165) is 17.2 Å². The van der Waals surface area contributed by atoms with Crippen molar-refractivity contribution in [2.75, 3.05) is 0 Å². The molecule has 0 heterocycles. The fourth-order valence-corrected chi connectivity index (χ4v) is 2.56. The van der Waals surface area contributed by atoms with Gasteiger partial charge in [-0.05, 0) is 34.6 Å². The van der Waals surface area contributed by atoms with E-state index in [1.165, 1.54) is 6.07 Å². The zero-order valence-electron chi connectivity index (χ0n) is 12.7. The molecule has 3 heteroatoms. The van der Waals surface area contributed by atoms with Crippen LogP contribution in [0.1, 0.15) is 43.5 Å². The number of hydrogen-bond donors (Lipinski definition) is 1. The minimum absolute atomic E-state index is 0.0469. The van der Waals surface area contributed by atoms with Crippen molar-refractivity contribution in [3.8, 4) is 0 Å². The topological polar surface area (TPSA) is 26.0 Å². The van der Waals surface area contributed by atoms with Crippen LogP contribution in [0.5, 0.6) is 0 Å². The maximum absolute atomic E-state index is 13.8. The van der Waals surface area contributed by atoms with Crippen LogP contribution in [0.4, 0.5) is 8.78 Å². The third kappa shape index (κ3) is 3.48. The van der Waals surface area contributed by atoms with Crippen molar-refractivity contribution in [1.82, 2.24) is 0 Å². The fraction of sp³-hybridized carbons (Fsp3) is 0.333. The third-order valence-corrected chi connectivity index (χ3v) is 3.64. The molecule has 2 N–H and O–H groups in total. The maximum atomic E-state index is 13.8. The molecule has 0 aliphatic carbocycles. The Morgan fingerprint density at radius 2 is 1.67 bits per heavy atom. The lowest BCUT2D eigenvalue weighted by atomic mass is 9.81. The van der Waals surface area contributed by atoms with Crippen LogP contribution >= 0.6 is 0 Å². The summed E-state index contributed by atoms with van der Waals surface area (Å²) in [5.41, 5.74) is 8.63. The Bertz CT molecular complexity index is 629. The summed E-state index contributed by atoms with van der Waals surface area (Å²) in [6, 6.07) is 11.7. The summed E-state index contributed by atoms with van der Waals surface area (Å²) in [5, 5.41) is 0. The average molecular weight is 289 g/mol. The molecule has 0 aliphatic heterocycles. The number of benzene rings is 2. The Hall–Kier alpha value is -1.74. The predicted molar refractivity (Wildman–Crippen MR) is 82.1 cm³/mol. The van der Waals surface area contributed by atoms with Gasteiger partial charge in [0, 0.05) is 6.04 Å². The van der Waals surface area contributed by atoms with Gasteiger partial charge in [-0.2, -0.15) is 0 Å². The summed E-state index contributed by atoms with van der Waals surface area (Å²) >= 11 is 0. The molecule has 0 radical (unpaired) electrons. The lowest BCUT2D eigenvalue weighted by Gasteiger charge is -2.26. The van der Waals surface area contributed by atoms with Gasteiger partial charge in [-0.25, -0.2) is 8.78 Å². The first-order valence-corrected chi connectivity index (χ1v) is 7.08. The summed E-state index contributed by atoms with van der Waals surface area (Å²) in [6.45, 7) is 6.34. The molecule has 1 atom stereocenters. The Morgan fingerprint density at radius 1 is 1.00 bits per heavy atom. The molecule has 0 bridgehead atoms. The number of rotatable bonds is 3. The normalized spacial score (nSPS) is 13.2. The Morgan fingerprint density at radius 3 is 2.33 bits per heavy atom. The highest BCUT2D eigenvalue weighted by Crippen LogP contribution is 2.30. The molecule has 0 spiro atoms. The van der Waals surface area contributed by atoms with E-state index in [0.29, 0.717) is 5.56 Å². The largest absolute Gasteiger partial charge is 0.324 e. The summed E-state index contributed by atoms with van der Waals surface area (Å²) in [5.74, 6) is -1.63. The van der Waals surface area contributed by atoms with Gasteiger partial charge in [0.15, 0.2) is 11.6 Å². The second-order valence-corrected chi connectivity index (χ2v) is 6.36. The zero-order chi connectivity index (χ0) is 15.6. The van der Waals surface area contributed by atoms with Crippen LogP contribution in [0.15, 0.2) is 42.5 Å². The predicted octanol–water partition coefficient (Wildman–Crippen LogP) is 4.50. The van der Waals surface area contributed by atoms with Gasteiger partial charge in [0.05, 0.1) is 0 Å². The summed E-state index contributed by atoms with van der Waals surface area (Å²) in [7, 11) is 0. The van der Waals surface area contributed by atoms with Gasteiger partial charge in [0.1, 0.15) is 0 Å². The highest BCUT2D eigenvalue weighted by Gasteiger charge is 2.21. The lowest BCUT2D eigenvalue weighted by Crippen LogP contribution is -2.21. The first-order valence-electron chi connectivity index (χ1n) is 7.08. The van der Waals surface area contributed by atoms with Gasteiger partial charge >= 0.3 is 0 Å². The molecule has 2 aromatic rings. The van der Waals surface area contributed by atoms with Gasteiger partial charge in [0.2, 0.25) is 0 Å². The summed E-state index contributed by atoms with van der Waals surface area (Å²) in [6.07, 6.45) is 0.274. The van der Waals surface area contributed by atoms with E-state index in [9.17, 15) is 8.78 Å². The monoisotopic (exact) mass is 289 g/mol. The smallest absolute Gasteiger partial charge is 0.162 e. The van der Waals surface area contributed by atoms with E-state index in [1.54, 1.807) is 6.07 Å². The van der Waals surface area contributed by atoms with E-state index < -0.39 is 11.6 Å². The highest BCUT2D eigenvalue weighted by atomic mass is 19.2. The van der Waals surface area contributed by atoms with Crippen molar-refractivity contribution >= 4 is 0 Å². The number of halogens is 2. The molecule has 0 aliphatic rings. The van der Waals surface area contributed by atoms with Gasteiger partial charge in [-0.3, -0.25) is 0 Å². The molecular formula is C18H21F2N. The van der Waals surface area contributed by atoms with E-state index in [2.05, 4.69) is 20.8 Å². The first-order chi connectivity index (χ1) is 9.80. The molecule has 0 saturated heterocycles. The van der Waals surface area contributed by atoms with Crippen molar-refractivity contribution < 1.29 is 8.78 Å². The van der Waals surface area contributed by atoms with Crippen molar-refractivity contribution in [1.29, 1.82) is 0 Å². The zero-order valence-corrected chi connectivity index (χ0v) is 12.7. The second kappa shape index (κ2) is 5.94. The van der Waals surface area contributed by atoms with Crippen LogP contribution in [-0.4, -0.2) is 0 Å². The SMILES string of the molecule is CC(C)(C)c1ccccc1C(N)Cc1cccc(F)c1F. The van der Waals surface area contributed by atoms with Gasteiger partial charge in [-0.1, -0.05) is 57.2 Å². The molecule has 0 amide bonds. The quantitative estimate of drug-likeness (QED) is 0.884. The Labute approximate surface area is 124 Å². The van der Waals surface area contributed by atoms with Crippen molar-refractivity contribution in [3.05, 3.63) is 70.8 Å². The van der Waals surface area contributed by atoms with Crippen LogP contribution in [0.2, 0.25) is 0 Å². The minimum Gasteiger partial charge on any atom is -0.324 e. The molecule has 1 unspecified atom stereocenters. The summed E-state index contributed by atoms with van der Waals surface area (Å²) in [4.78, 5) is 0. The van der Waals surface area contributed by atoms with Crippen molar-refractivity contribution in [3.63, 3.8) is 0 Å². The minimum atomic E-state index is -0.830. The van der Waals surface area contributed by atoms with Crippen LogP contribution in [0.3, 0.4) is 0 Å². The van der Waals surface area contributed by atoms with Crippen LogP contribution in [-0.2, 0) is 11.8 Å². The van der Waals surface area contributed by atoms with E-state index in [-0.39, 0.29) is 17.9 Å². The van der Waals surface area contributed by atoms with E-state index in [1.807, 2.05) is 24.3 Å². The van der Waals surface area contributed by atoms with Crippen LogP contribution in [0, 0.1) is 11.6 Å². The molecular weight excluding hydrogens is 268 g/mol. The third-order valence-electron chi connectivity index (χ3n) is 3.64. The Balaban J connectivity index is 2.33. The molecule has 112 valence electrons. The molecule has 2 aromatic carbocycles. The number of hydrogen-bond acceptors (Lipinski definition) is 1. The molecule has 21 heavy (non-hydrogen) atoms. The summed E-state index contributed by atoms with van der Waals surface area (Å²) < 4.78 is 27.1. The van der Waals surface area contributed by atoms with Crippen molar-refractivity contribution in [2.45, 2.75) is 38.6 Å². The van der Waals surface area contributed by atoms with Gasteiger partial charge in [-0.15, -0.1) is 0 Å². The molecule has 0 saturated carbocycles. The van der Waals surface area contributed by atoms with Crippen LogP contribution < -0.4 is 5.73 Å². The molecule has 2 rings (SSSR count). The van der Waals surface area contributed by atoms with Crippen LogP contribution in [0.25, 0.3) is 0 Å². The fourth-order valence-electron chi connectivity index (χ4n) is 2.56. The van der Waals surface area contributed by atoms with Crippen molar-refractivity contribution in [2.24, 2.45) is 5.73 Å². The second-order valence-electron chi connectivity index (χ2n) is 6.36. The highest BCUT2D eigenvalue weighted by molar-refractivity contribution is 5.36. The maximum Gasteiger partial charge on any atom is 0.162 e. The standard InChI is InChI=1S/C18H21F2N/c1-18(2,3)14-9-5-4-8-13(14)16(21)11-12-7-6-10-15(19)17(12)20/h4-10,16H,11,21H2,1-3H3. The first kappa shape index (κ1) is 15.6. The lowest BCUT2D eigenvalue weighted by molar-refractivity contribution is 0.493. The van der Waals surface area contributed by atoms with Gasteiger partial charge < -0.3 is 5.73 Å². The van der Waals surface area contributed by atoms with Gasteiger partial charge in [0.25, 0.3) is 0 Å². The molecule has 0 aromatic heterocycles. The van der Waals surface area contributed by atoms with E-state index in [4.69, 9.17) is 5.73 Å². The molecule has 1 nitrogen and oxygen atoms in total. The number of nitrogens with two attached hydrogens (primary N) is 1. The van der Waals surface area contributed by atoms with E-state index >= 15 is 0 Å². The average Bonchev–Trinajstić information content (AvgIpc) is 2.43. The Kier molecular flexibility index (Phi) is 4.43.